The van der Waals surface area contributed by atoms with E-state index < -0.39 is 0 Å². The summed E-state index contributed by atoms with van der Waals surface area (Å²) in [5.74, 6) is 0. The molecule has 0 amide bonds. The lowest BCUT2D eigenvalue weighted by Crippen LogP contribution is -2.26. The van der Waals surface area contributed by atoms with Crippen LogP contribution in [0.15, 0.2) is 18.2 Å². The molecule has 1 aromatic rings. The predicted octanol–water partition coefficient (Wildman–Crippen LogP) is 1.60. The van der Waals surface area contributed by atoms with Gasteiger partial charge in [-0.25, -0.2) is 0 Å². The first-order chi connectivity index (χ1) is 8.35. The molecule has 1 heterocycles. The fourth-order valence-corrected chi connectivity index (χ4v) is 1.98. The molecule has 0 bridgehead atoms. The lowest BCUT2D eigenvalue weighted by Gasteiger charge is -2.23. The van der Waals surface area contributed by atoms with E-state index in [1.807, 2.05) is 6.07 Å². The lowest BCUT2D eigenvalue weighted by atomic mass is 10.1. The number of hydrogen-bond donors (Lipinski definition) is 0. The molecule has 0 saturated carbocycles. The van der Waals surface area contributed by atoms with Crippen LogP contribution in [-0.4, -0.2) is 32.6 Å². The molecule has 0 aliphatic carbocycles. The second-order valence-electron chi connectivity index (χ2n) is 3.96. The van der Waals surface area contributed by atoms with Crippen LogP contribution < -0.4 is 4.90 Å². The molecule has 1 aromatic carbocycles. The number of carbonyl (C=O) groups excluding carboxylic acids is 1. The predicted molar refractivity (Wildman–Crippen MR) is 64.2 cm³/mol. The van der Waals surface area contributed by atoms with Gasteiger partial charge in [0, 0.05) is 25.3 Å². The van der Waals surface area contributed by atoms with E-state index in [2.05, 4.69) is 11.0 Å². The highest BCUT2D eigenvalue weighted by molar-refractivity contribution is 5.78. The van der Waals surface area contributed by atoms with Crippen molar-refractivity contribution in [2.24, 2.45) is 0 Å². The van der Waals surface area contributed by atoms with Crippen LogP contribution in [0.2, 0.25) is 0 Å². The Kier molecular flexibility index (Phi) is 3.73. The van der Waals surface area contributed by atoms with Crippen LogP contribution in [0.4, 0.5) is 5.69 Å². The highest BCUT2D eigenvalue weighted by Crippen LogP contribution is 2.22. The first kappa shape index (κ1) is 11.6. The molecule has 1 aliphatic heterocycles. The molecule has 1 saturated heterocycles. The van der Waals surface area contributed by atoms with Crippen molar-refractivity contribution >= 4 is 12.0 Å². The highest BCUT2D eigenvalue weighted by Gasteiger charge is 2.13. The number of ether oxygens (including phenoxy) is 1. The Hall–Kier alpha value is -1.86. The zero-order valence-corrected chi connectivity index (χ0v) is 9.56. The largest absolute Gasteiger partial charge is 0.380 e. The molecule has 0 atom stereocenters. The van der Waals surface area contributed by atoms with Gasteiger partial charge in [0.15, 0.2) is 0 Å². The van der Waals surface area contributed by atoms with Gasteiger partial charge in [-0.2, -0.15) is 5.26 Å². The molecule has 0 aromatic heterocycles. The molecular formula is C13H14N2O2. The molecule has 4 heteroatoms. The maximum absolute atomic E-state index is 10.7. The number of benzene rings is 1. The Morgan fingerprint density at radius 2 is 2.24 bits per heavy atom. The number of hydrogen-bond acceptors (Lipinski definition) is 4. The Labute approximate surface area is 100 Å². The van der Waals surface area contributed by atoms with E-state index in [0.29, 0.717) is 17.7 Å². The SMILES string of the molecule is N#Cc1cc(C=O)ccc1N1CCCOCC1. The standard InChI is InChI=1S/C13H14N2O2/c14-9-12-8-11(10-16)2-3-13(12)15-4-1-6-17-7-5-15/h2-3,8,10H,1,4-7H2. The second kappa shape index (κ2) is 5.46. The number of rotatable bonds is 2. The third kappa shape index (κ3) is 2.63. The lowest BCUT2D eigenvalue weighted by molar-refractivity contribution is 0.112. The summed E-state index contributed by atoms with van der Waals surface area (Å²) in [7, 11) is 0. The maximum Gasteiger partial charge on any atom is 0.150 e. The van der Waals surface area contributed by atoms with Crippen LogP contribution in [0.25, 0.3) is 0 Å². The number of aldehydes is 1. The summed E-state index contributed by atoms with van der Waals surface area (Å²) in [6.45, 7) is 3.12. The molecule has 88 valence electrons. The van der Waals surface area contributed by atoms with Crippen molar-refractivity contribution in [3.8, 4) is 6.07 Å². The molecular weight excluding hydrogens is 216 g/mol. The summed E-state index contributed by atoms with van der Waals surface area (Å²) in [4.78, 5) is 12.8. The normalized spacial score (nSPS) is 16.1. The molecule has 0 spiro atoms. The van der Waals surface area contributed by atoms with Gasteiger partial charge in [0.05, 0.1) is 17.9 Å². The summed E-state index contributed by atoms with van der Waals surface area (Å²) in [5, 5.41) is 9.12. The smallest absolute Gasteiger partial charge is 0.150 e. The molecule has 17 heavy (non-hydrogen) atoms. The van der Waals surface area contributed by atoms with E-state index in [9.17, 15) is 4.79 Å². The molecule has 1 fully saturated rings. The van der Waals surface area contributed by atoms with Gasteiger partial charge in [-0.1, -0.05) is 0 Å². The van der Waals surface area contributed by atoms with Crippen LogP contribution >= 0.6 is 0 Å². The average Bonchev–Trinajstić information content (AvgIpc) is 2.66. The first-order valence-electron chi connectivity index (χ1n) is 5.67. The molecule has 4 nitrogen and oxygen atoms in total. The fraction of sp³-hybridized carbons (Fsp3) is 0.385. The topological polar surface area (TPSA) is 53.3 Å². The number of anilines is 1. The number of nitrogens with zero attached hydrogens (tertiary/aromatic N) is 2. The third-order valence-electron chi connectivity index (χ3n) is 2.84. The summed E-state index contributed by atoms with van der Waals surface area (Å²) < 4.78 is 5.38. The minimum absolute atomic E-state index is 0.538. The third-order valence-corrected chi connectivity index (χ3v) is 2.84. The molecule has 0 N–H and O–H groups in total. The molecule has 0 radical (unpaired) electrons. The van der Waals surface area contributed by atoms with Crippen LogP contribution in [0.1, 0.15) is 22.3 Å². The van der Waals surface area contributed by atoms with E-state index in [4.69, 9.17) is 10.00 Å². The fourth-order valence-electron chi connectivity index (χ4n) is 1.98. The molecule has 1 aliphatic rings. The summed E-state index contributed by atoms with van der Waals surface area (Å²) in [6.07, 6.45) is 1.72. The first-order valence-corrected chi connectivity index (χ1v) is 5.67. The minimum atomic E-state index is 0.538. The van der Waals surface area contributed by atoms with Crippen molar-refractivity contribution in [2.45, 2.75) is 6.42 Å². The van der Waals surface area contributed by atoms with Crippen molar-refractivity contribution in [3.05, 3.63) is 29.3 Å². The Balaban J connectivity index is 2.30. The van der Waals surface area contributed by atoms with Crippen molar-refractivity contribution in [1.82, 2.24) is 0 Å². The molecule has 2 rings (SSSR count). The van der Waals surface area contributed by atoms with E-state index in [0.717, 1.165) is 38.1 Å². The van der Waals surface area contributed by atoms with Gasteiger partial charge in [0.25, 0.3) is 0 Å². The zero-order chi connectivity index (χ0) is 12.1. The van der Waals surface area contributed by atoms with Crippen molar-refractivity contribution in [3.63, 3.8) is 0 Å². The van der Waals surface area contributed by atoms with Gasteiger partial charge in [-0.3, -0.25) is 4.79 Å². The van der Waals surface area contributed by atoms with E-state index >= 15 is 0 Å². The zero-order valence-electron chi connectivity index (χ0n) is 9.56. The summed E-state index contributed by atoms with van der Waals surface area (Å²) in [5.41, 5.74) is 1.98. The van der Waals surface area contributed by atoms with Crippen molar-refractivity contribution in [2.75, 3.05) is 31.2 Å². The van der Waals surface area contributed by atoms with Gasteiger partial charge in [-0.15, -0.1) is 0 Å². The van der Waals surface area contributed by atoms with E-state index in [1.165, 1.54) is 0 Å². The number of carbonyl (C=O) groups is 1. The summed E-state index contributed by atoms with van der Waals surface area (Å²) in [6, 6.07) is 7.37. The number of nitriles is 1. The monoisotopic (exact) mass is 230 g/mol. The van der Waals surface area contributed by atoms with Crippen LogP contribution in [0.5, 0.6) is 0 Å². The quantitative estimate of drug-likeness (QED) is 0.724. The maximum atomic E-state index is 10.7. The van der Waals surface area contributed by atoms with Gasteiger partial charge in [0.1, 0.15) is 12.4 Å². The molecule has 0 unspecified atom stereocenters. The van der Waals surface area contributed by atoms with Gasteiger partial charge >= 0.3 is 0 Å². The highest BCUT2D eigenvalue weighted by atomic mass is 16.5. The van der Waals surface area contributed by atoms with Crippen molar-refractivity contribution in [1.29, 1.82) is 5.26 Å². The average molecular weight is 230 g/mol. The second-order valence-corrected chi connectivity index (χ2v) is 3.96. The van der Waals surface area contributed by atoms with Crippen LogP contribution in [0.3, 0.4) is 0 Å². The van der Waals surface area contributed by atoms with Crippen LogP contribution in [-0.2, 0) is 4.74 Å². The Morgan fingerprint density at radius 1 is 1.35 bits per heavy atom. The van der Waals surface area contributed by atoms with Gasteiger partial charge < -0.3 is 9.64 Å². The van der Waals surface area contributed by atoms with E-state index in [-0.39, 0.29) is 0 Å². The summed E-state index contributed by atoms with van der Waals surface area (Å²) >= 11 is 0. The van der Waals surface area contributed by atoms with Gasteiger partial charge in [0.2, 0.25) is 0 Å². The Bertz CT molecular complexity index is 443. The van der Waals surface area contributed by atoms with Gasteiger partial charge in [-0.05, 0) is 24.6 Å². The van der Waals surface area contributed by atoms with E-state index in [1.54, 1.807) is 12.1 Å². The van der Waals surface area contributed by atoms with Crippen LogP contribution in [0, 0.1) is 11.3 Å². The Morgan fingerprint density at radius 3 is 3.00 bits per heavy atom. The van der Waals surface area contributed by atoms with Crippen molar-refractivity contribution < 1.29 is 9.53 Å². The minimum Gasteiger partial charge on any atom is -0.380 e.